The lowest BCUT2D eigenvalue weighted by atomic mass is 9.95. The Morgan fingerprint density at radius 2 is 2.06 bits per heavy atom. The third kappa shape index (κ3) is 4.61. The van der Waals surface area contributed by atoms with Gasteiger partial charge in [-0.3, -0.25) is 4.99 Å². The Labute approximate surface area is 189 Å². The predicted molar refractivity (Wildman–Crippen MR) is 120 cm³/mol. The van der Waals surface area contributed by atoms with E-state index >= 15 is 0 Å². The minimum atomic E-state index is -1.06. The van der Waals surface area contributed by atoms with Crippen molar-refractivity contribution in [2.45, 2.75) is 38.1 Å². The number of benzene rings is 2. The van der Waals surface area contributed by atoms with Gasteiger partial charge in [0, 0.05) is 31.0 Å². The van der Waals surface area contributed by atoms with Crippen molar-refractivity contribution in [3.8, 4) is 0 Å². The molecule has 2 aliphatic rings. The van der Waals surface area contributed by atoms with E-state index in [1.807, 2.05) is 0 Å². The van der Waals surface area contributed by atoms with E-state index in [4.69, 9.17) is 11.6 Å². The number of nitrogens with one attached hydrogen (secondary N) is 1. The van der Waals surface area contributed by atoms with E-state index in [1.54, 1.807) is 0 Å². The largest absolute Gasteiger partial charge is 0.411 e. The zero-order valence-electron chi connectivity index (χ0n) is 17.6. The van der Waals surface area contributed by atoms with Gasteiger partial charge in [0.1, 0.15) is 11.7 Å². The van der Waals surface area contributed by atoms with Crippen LogP contribution in [0.2, 0.25) is 5.02 Å². The summed E-state index contributed by atoms with van der Waals surface area (Å²) in [6, 6.07) is 5.62. The number of amidine groups is 1. The summed E-state index contributed by atoms with van der Waals surface area (Å²) in [4.78, 5) is 6.88. The fourth-order valence-corrected chi connectivity index (χ4v) is 4.61. The van der Waals surface area contributed by atoms with E-state index in [0.717, 1.165) is 25.5 Å². The van der Waals surface area contributed by atoms with Crippen molar-refractivity contribution >= 4 is 28.8 Å². The molecule has 2 heterocycles. The van der Waals surface area contributed by atoms with Gasteiger partial charge in [0.15, 0.2) is 11.6 Å². The molecule has 0 saturated carbocycles. The van der Waals surface area contributed by atoms with Gasteiger partial charge in [0.25, 0.3) is 0 Å². The van der Waals surface area contributed by atoms with Crippen LogP contribution in [-0.2, 0) is 12.8 Å². The molecular weight excluding hydrogens is 441 g/mol. The molecule has 0 radical (unpaired) electrons. The molecule has 4 rings (SSSR count). The van der Waals surface area contributed by atoms with Crippen LogP contribution < -0.4 is 5.32 Å². The Bertz CT molecular complexity index is 1090. The first-order valence-electron chi connectivity index (χ1n) is 10.5. The number of halogens is 4. The Morgan fingerprint density at radius 1 is 1.25 bits per heavy atom. The van der Waals surface area contributed by atoms with E-state index in [2.05, 4.69) is 27.4 Å². The fourth-order valence-electron chi connectivity index (χ4n) is 4.41. The smallest absolute Gasteiger partial charge is 0.182 e. The molecule has 0 amide bonds. The molecule has 2 N–H and O–H groups in total. The molecule has 0 spiro atoms. The van der Waals surface area contributed by atoms with Crippen molar-refractivity contribution in [2.24, 2.45) is 10.1 Å². The van der Waals surface area contributed by atoms with Crippen molar-refractivity contribution in [2.75, 3.05) is 25.5 Å². The molecule has 1 atom stereocenters. The lowest BCUT2D eigenvalue weighted by molar-refractivity contribution is 0.299. The van der Waals surface area contributed by atoms with Crippen molar-refractivity contribution in [1.82, 2.24) is 4.90 Å². The molecule has 1 fully saturated rings. The van der Waals surface area contributed by atoms with E-state index < -0.39 is 17.5 Å². The molecule has 32 heavy (non-hydrogen) atoms. The summed E-state index contributed by atoms with van der Waals surface area (Å²) in [6.45, 7) is 1.67. The normalized spacial score (nSPS) is 20.1. The lowest BCUT2D eigenvalue weighted by Crippen LogP contribution is -2.25. The highest BCUT2D eigenvalue weighted by Gasteiger charge is 2.28. The van der Waals surface area contributed by atoms with Crippen molar-refractivity contribution in [1.29, 1.82) is 0 Å². The highest BCUT2D eigenvalue weighted by Crippen LogP contribution is 2.33. The van der Waals surface area contributed by atoms with E-state index in [0.29, 0.717) is 29.5 Å². The number of nitrogens with zero attached hydrogens (tertiary/aromatic N) is 3. The molecule has 2 aliphatic heterocycles. The van der Waals surface area contributed by atoms with Crippen molar-refractivity contribution in [3.05, 3.63) is 63.4 Å². The van der Waals surface area contributed by atoms with Gasteiger partial charge in [-0.1, -0.05) is 22.8 Å². The molecular formula is C23H24ClF3N4O. The first-order valence-corrected chi connectivity index (χ1v) is 10.9. The number of likely N-dealkylation sites (tertiary alicyclic amines) is 1. The fraction of sp³-hybridized carbons (Fsp3) is 0.391. The monoisotopic (exact) mass is 464 g/mol. The molecule has 1 unspecified atom stereocenters. The summed E-state index contributed by atoms with van der Waals surface area (Å²) in [7, 11) is 2.10. The number of anilines is 1. The molecule has 9 heteroatoms. The third-order valence-corrected chi connectivity index (χ3v) is 6.45. The second kappa shape index (κ2) is 9.50. The average Bonchev–Trinajstić information content (AvgIpc) is 3.38. The zero-order chi connectivity index (χ0) is 22.8. The van der Waals surface area contributed by atoms with Gasteiger partial charge in [-0.25, -0.2) is 13.2 Å². The summed E-state index contributed by atoms with van der Waals surface area (Å²) < 4.78 is 42.3. The molecule has 0 aromatic heterocycles. The standard InChI is InChI=1S/C23H24ClF3N4O/c1-31-8-2-3-14(31)6-7-28-21-12-16-15(11-19(26)22(27)23(16)29-21)20(30-32)10-13-4-5-18(25)17(24)9-13/h4-5,9,11,14,32H,2-3,6-8,10,12H2,1H3,(H,28,29)/b30-20+. The number of fused-ring (bicyclic) bond motifs is 1. The Morgan fingerprint density at radius 3 is 2.75 bits per heavy atom. The quantitative estimate of drug-likeness (QED) is 0.358. The van der Waals surface area contributed by atoms with Gasteiger partial charge < -0.3 is 15.4 Å². The van der Waals surface area contributed by atoms with Gasteiger partial charge in [-0.2, -0.15) is 0 Å². The van der Waals surface area contributed by atoms with Crippen LogP contribution in [0.25, 0.3) is 0 Å². The van der Waals surface area contributed by atoms with Crippen LogP contribution >= 0.6 is 11.6 Å². The van der Waals surface area contributed by atoms with E-state index in [1.165, 1.54) is 24.6 Å². The molecule has 1 saturated heterocycles. The van der Waals surface area contributed by atoms with Gasteiger partial charge in [-0.15, -0.1) is 0 Å². The maximum Gasteiger partial charge on any atom is 0.182 e. The van der Waals surface area contributed by atoms with Crippen LogP contribution in [-0.4, -0.2) is 47.8 Å². The number of aliphatic imine (C=N–C) groups is 1. The summed E-state index contributed by atoms with van der Waals surface area (Å²) in [5.74, 6) is -2.07. The van der Waals surface area contributed by atoms with Crippen LogP contribution in [0.5, 0.6) is 0 Å². The number of hydrogen-bond donors (Lipinski definition) is 2. The molecule has 170 valence electrons. The number of rotatable bonds is 6. The van der Waals surface area contributed by atoms with Crippen LogP contribution in [0.4, 0.5) is 18.9 Å². The number of oxime groups is 1. The Balaban J connectivity index is 1.56. The van der Waals surface area contributed by atoms with Gasteiger partial charge >= 0.3 is 0 Å². The highest BCUT2D eigenvalue weighted by atomic mass is 35.5. The molecule has 2 aromatic rings. The summed E-state index contributed by atoms with van der Waals surface area (Å²) >= 11 is 5.83. The lowest BCUT2D eigenvalue weighted by Gasteiger charge is -2.18. The minimum absolute atomic E-state index is 0.00928. The predicted octanol–water partition coefficient (Wildman–Crippen LogP) is 5.03. The van der Waals surface area contributed by atoms with Crippen molar-refractivity contribution in [3.63, 3.8) is 0 Å². The maximum atomic E-state index is 14.5. The second-order valence-corrected chi connectivity index (χ2v) is 8.65. The SMILES string of the molecule is CN1CCCC1CCN=C1Cc2c(/C(Cc3ccc(F)c(Cl)c3)=N/O)cc(F)c(F)c2N1. The maximum absolute atomic E-state index is 14.5. The van der Waals surface area contributed by atoms with E-state index in [-0.39, 0.29) is 34.8 Å². The van der Waals surface area contributed by atoms with Crippen LogP contribution in [0.15, 0.2) is 34.4 Å². The topological polar surface area (TPSA) is 60.2 Å². The summed E-state index contributed by atoms with van der Waals surface area (Å²) in [6.07, 6.45) is 3.55. The second-order valence-electron chi connectivity index (χ2n) is 8.24. The van der Waals surface area contributed by atoms with Crippen LogP contribution in [0.3, 0.4) is 0 Å². The molecule has 2 aromatic carbocycles. The highest BCUT2D eigenvalue weighted by molar-refractivity contribution is 6.30. The minimum Gasteiger partial charge on any atom is -0.411 e. The molecule has 5 nitrogen and oxygen atoms in total. The Hall–Kier alpha value is -2.58. The average molecular weight is 465 g/mol. The van der Waals surface area contributed by atoms with Crippen molar-refractivity contribution < 1.29 is 18.4 Å². The van der Waals surface area contributed by atoms with E-state index in [9.17, 15) is 18.4 Å². The molecule has 0 bridgehead atoms. The van der Waals surface area contributed by atoms with Gasteiger partial charge in [0.2, 0.25) is 0 Å². The summed E-state index contributed by atoms with van der Waals surface area (Å²) in [5, 5.41) is 15.8. The Kier molecular flexibility index (Phi) is 6.71. The van der Waals surface area contributed by atoms with Crippen LogP contribution in [0.1, 0.15) is 36.0 Å². The summed E-state index contributed by atoms with van der Waals surface area (Å²) in [5.41, 5.74) is 1.45. The first kappa shape index (κ1) is 22.6. The first-order chi connectivity index (χ1) is 15.4. The van der Waals surface area contributed by atoms with Gasteiger partial charge in [-0.05, 0) is 62.2 Å². The zero-order valence-corrected chi connectivity index (χ0v) is 18.4. The number of hydrogen-bond acceptors (Lipinski definition) is 4. The third-order valence-electron chi connectivity index (χ3n) is 6.16. The van der Waals surface area contributed by atoms with Crippen LogP contribution in [0, 0.1) is 17.5 Å². The molecule has 0 aliphatic carbocycles. The van der Waals surface area contributed by atoms with Gasteiger partial charge in [0.05, 0.1) is 16.4 Å².